The minimum absolute atomic E-state index is 0.105. The number of morpholine rings is 1. The van der Waals surface area contributed by atoms with Gasteiger partial charge in [0.1, 0.15) is 5.82 Å². The van der Waals surface area contributed by atoms with Gasteiger partial charge in [-0.3, -0.25) is 4.79 Å². The lowest BCUT2D eigenvalue weighted by Gasteiger charge is -2.29. The van der Waals surface area contributed by atoms with Crippen LogP contribution >= 0.6 is 0 Å². The fourth-order valence-corrected chi connectivity index (χ4v) is 2.16. The summed E-state index contributed by atoms with van der Waals surface area (Å²) in [5, 5.41) is 3.76. The fraction of sp³-hybridized carbons (Fsp3) is 0.385. The first-order valence-electron chi connectivity index (χ1n) is 6.36. The Kier molecular flexibility index (Phi) is 3.51. The molecule has 0 aromatic heterocycles. The molecule has 0 unspecified atom stereocenters. The highest BCUT2D eigenvalue weighted by molar-refractivity contribution is 5.98. The van der Waals surface area contributed by atoms with E-state index in [0.29, 0.717) is 37.6 Å². The lowest BCUT2D eigenvalue weighted by Crippen LogP contribution is -2.36. The van der Waals surface area contributed by atoms with Gasteiger partial charge in [-0.15, -0.1) is 5.10 Å². The highest BCUT2D eigenvalue weighted by Crippen LogP contribution is 2.22. The number of hydrogen-bond acceptors (Lipinski definition) is 5. The molecule has 2 heterocycles. The number of carbonyl (C=O) groups is 1. The van der Waals surface area contributed by atoms with Crippen molar-refractivity contribution >= 4 is 17.5 Å². The van der Waals surface area contributed by atoms with Crippen molar-refractivity contribution in [3.05, 3.63) is 29.6 Å². The molecule has 20 heavy (non-hydrogen) atoms. The smallest absolute Gasteiger partial charge is 0.278 e. The number of halogens is 1. The molecule has 0 saturated carbocycles. The predicted octanol–water partition coefficient (Wildman–Crippen LogP) is 0.470. The number of nitrogens with one attached hydrogen (secondary N) is 1. The number of amides is 1. The molecule has 0 atom stereocenters. The van der Waals surface area contributed by atoms with Gasteiger partial charge in [0.2, 0.25) is 5.90 Å². The fourth-order valence-electron chi connectivity index (χ4n) is 2.16. The summed E-state index contributed by atoms with van der Waals surface area (Å²) in [6.45, 7) is 2.44. The predicted molar refractivity (Wildman–Crippen MR) is 70.1 cm³/mol. The Morgan fingerprint density at radius 1 is 1.30 bits per heavy atom. The molecule has 3 rings (SSSR count). The van der Waals surface area contributed by atoms with Crippen LogP contribution in [0.4, 0.5) is 10.1 Å². The van der Waals surface area contributed by atoms with E-state index in [-0.39, 0.29) is 24.2 Å². The van der Waals surface area contributed by atoms with Crippen LogP contribution in [0.5, 0.6) is 0 Å². The number of rotatable bonds is 2. The van der Waals surface area contributed by atoms with Gasteiger partial charge in [-0.1, -0.05) is 0 Å². The van der Waals surface area contributed by atoms with Crippen molar-refractivity contribution in [2.75, 3.05) is 37.8 Å². The lowest BCUT2D eigenvalue weighted by atomic mass is 10.1. The van der Waals surface area contributed by atoms with Crippen molar-refractivity contribution in [1.29, 1.82) is 0 Å². The molecule has 0 radical (unpaired) electrons. The maximum Gasteiger partial charge on any atom is 0.278 e. The van der Waals surface area contributed by atoms with E-state index >= 15 is 0 Å². The molecule has 106 valence electrons. The molecule has 1 aromatic rings. The first-order chi connectivity index (χ1) is 9.74. The summed E-state index contributed by atoms with van der Waals surface area (Å²) in [5.74, 6) is -0.441. The average Bonchev–Trinajstić information content (AvgIpc) is 2.49. The summed E-state index contributed by atoms with van der Waals surface area (Å²) >= 11 is 0. The first kappa shape index (κ1) is 12.9. The van der Waals surface area contributed by atoms with Crippen LogP contribution in [0.15, 0.2) is 23.3 Å². The third kappa shape index (κ3) is 2.57. The van der Waals surface area contributed by atoms with Crippen LogP contribution in [0.2, 0.25) is 0 Å². The van der Waals surface area contributed by atoms with E-state index in [4.69, 9.17) is 9.47 Å². The molecule has 0 spiro atoms. The van der Waals surface area contributed by atoms with Gasteiger partial charge in [0.15, 0.2) is 6.61 Å². The normalized spacial score (nSPS) is 19.1. The quantitative estimate of drug-likeness (QED) is 0.855. The maximum absolute atomic E-state index is 14.2. The summed E-state index contributed by atoms with van der Waals surface area (Å²) in [6, 6.07) is 4.78. The minimum Gasteiger partial charge on any atom is -0.466 e. The van der Waals surface area contributed by atoms with Crippen LogP contribution < -0.4 is 10.3 Å². The zero-order chi connectivity index (χ0) is 13.9. The van der Waals surface area contributed by atoms with Crippen LogP contribution in [0.25, 0.3) is 0 Å². The van der Waals surface area contributed by atoms with E-state index in [1.165, 1.54) is 6.07 Å². The molecule has 7 heteroatoms. The lowest BCUT2D eigenvalue weighted by molar-refractivity contribution is -0.124. The Labute approximate surface area is 115 Å². The number of hydrazone groups is 1. The Morgan fingerprint density at radius 3 is 2.75 bits per heavy atom. The maximum atomic E-state index is 14.2. The highest BCUT2D eigenvalue weighted by Gasteiger charge is 2.19. The Morgan fingerprint density at radius 2 is 2.10 bits per heavy atom. The van der Waals surface area contributed by atoms with Gasteiger partial charge in [0.05, 0.1) is 18.9 Å². The second kappa shape index (κ2) is 5.46. The van der Waals surface area contributed by atoms with Crippen LogP contribution in [-0.4, -0.2) is 44.7 Å². The molecule has 2 aliphatic rings. The molecule has 0 aliphatic carbocycles. The third-order valence-electron chi connectivity index (χ3n) is 3.17. The third-order valence-corrected chi connectivity index (χ3v) is 3.17. The number of carbonyl (C=O) groups excluding carboxylic acids is 1. The van der Waals surface area contributed by atoms with Gasteiger partial charge in [-0.2, -0.15) is 0 Å². The Bertz CT molecular complexity index is 556. The van der Waals surface area contributed by atoms with Gasteiger partial charge < -0.3 is 14.4 Å². The van der Waals surface area contributed by atoms with E-state index in [9.17, 15) is 9.18 Å². The summed E-state index contributed by atoms with van der Waals surface area (Å²) in [6.07, 6.45) is 0. The van der Waals surface area contributed by atoms with E-state index in [2.05, 4.69) is 10.5 Å². The van der Waals surface area contributed by atoms with Crippen molar-refractivity contribution < 1.29 is 18.7 Å². The second-order valence-corrected chi connectivity index (χ2v) is 4.51. The Hall–Kier alpha value is -2.15. The molecular weight excluding hydrogens is 265 g/mol. The van der Waals surface area contributed by atoms with Crippen molar-refractivity contribution in [2.45, 2.75) is 0 Å². The molecule has 1 saturated heterocycles. The molecular formula is C13H14FN3O3. The monoisotopic (exact) mass is 279 g/mol. The van der Waals surface area contributed by atoms with E-state index < -0.39 is 0 Å². The van der Waals surface area contributed by atoms with E-state index in [1.54, 1.807) is 12.1 Å². The van der Waals surface area contributed by atoms with Gasteiger partial charge >= 0.3 is 0 Å². The highest BCUT2D eigenvalue weighted by atomic mass is 19.1. The summed E-state index contributed by atoms with van der Waals surface area (Å²) < 4.78 is 24.6. The number of hydrogen-bond donors (Lipinski definition) is 1. The number of benzene rings is 1. The number of ether oxygens (including phenoxy) is 2. The number of anilines is 1. The first-order valence-corrected chi connectivity index (χ1v) is 6.36. The van der Waals surface area contributed by atoms with E-state index in [1.807, 2.05) is 4.90 Å². The van der Waals surface area contributed by atoms with Crippen LogP contribution in [0.3, 0.4) is 0 Å². The standard InChI is InChI=1S/C13H14FN3O3/c14-10-7-9(13-16-15-12(18)8-20-13)1-2-11(10)17-3-5-19-6-4-17/h1-2,7H,3-6,8H2,(H,15,18). The summed E-state index contributed by atoms with van der Waals surface area (Å²) in [4.78, 5) is 12.9. The van der Waals surface area contributed by atoms with Crippen molar-refractivity contribution in [1.82, 2.24) is 5.43 Å². The average molecular weight is 279 g/mol. The van der Waals surface area contributed by atoms with Crippen molar-refractivity contribution in [3.8, 4) is 0 Å². The summed E-state index contributed by atoms with van der Waals surface area (Å²) in [5.41, 5.74) is 3.34. The molecule has 2 aliphatic heterocycles. The summed E-state index contributed by atoms with van der Waals surface area (Å²) in [7, 11) is 0. The zero-order valence-corrected chi connectivity index (χ0v) is 10.8. The van der Waals surface area contributed by atoms with Gasteiger partial charge in [0.25, 0.3) is 5.91 Å². The molecule has 1 aromatic carbocycles. The van der Waals surface area contributed by atoms with Crippen LogP contribution in [-0.2, 0) is 14.3 Å². The van der Waals surface area contributed by atoms with Crippen molar-refractivity contribution in [3.63, 3.8) is 0 Å². The molecule has 0 bridgehead atoms. The molecule has 1 N–H and O–H groups in total. The SMILES string of the molecule is O=C1COC(c2ccc(N3CCOCC3)c(F)c2)=NN1. The minimum atomic E-state index is -0.340. The van der Waals surface area contributed by atoms with Gasteiger partial charge in [0, 0.05) is 18.7 Å². The molecule has 1 fully saturated rings. The largest absolute Gasteiger partial charge is 0.466 e. The zero-order valence-electron chi connectivity index (χ0n) is 10.8. The molecule has 1 amide bonds. The van der Waals surface area contributed by atoms with Crippen molar-refractivity contribution in [2.24, 2.45) is 5.10 Å². The van der Waals surface area contributed by atoms with Gasteiger partial charge in [-0.25, -0.2) is 9.82 Å². The van der Waals surface area contributed by atoms with Crippen LogP contribution in [0.1, 0.15) is 5.56 Å². The molecule has 6 nitrogen and oxygen atoms in total. The van der Waals surface area contributed by atoms with E-state index in [0.717, 1.165) is 0 Å². The van der Waals surface area contributed by atoms with Gasteiger partial charge in [-0.05, 0) is 18.2 Å². The Balaban J connectivity index is 1.82. The number of nitrogens with zero attached hydrogens (tertiary/aromatic N) is 2. The van der Waals surface area contributed by atoms with Crippen LogP contribution in [0, 0.1) is 5.82 Å². The topological polar surface area (TPSA) is 63.2 Å². The second-order valence-electron chi connectivity index (χ2n) is 4.51.